The minimum Gasteiger partial charge on any atom is -0.478 e. The number of ether oxygens (including phenoxy) is 1. The number of carboxylic acids is 1. The molecule has 1 heterocycles. The summed E-state index contributed by atoms with van der Waals surface area (Å²) < 4.78 is 5.37. The molecular formula is C20H21NO4. The first-order valence-electron chi connectivity index (χ1n) is 8.42. The van der Waals surface area contributed by atoms with Crippen molar-refractivity contribution in [1.29, 1.82) is 0 Å². The van der Waals surface area contributed by atoms with E-state index in [0.717, 1.165) is 24.0 Å². The lowest BCUT2D eigenvalue weighted by Gasteiger charge is -2.31. The molecule has 2 aromatic carbocycles. The van der Waals surface area contributed by atoms with Gasteiger partial charge in [0.1, 0.15) is 6.61 Å². The van der Waals surface area contributed by atoms with Gasteiger partial charge in [-0.1, -0.05) is 42.5 Å². The van der Waals surface area contributed by atoms with Crippen LogP contribution in [-0.4, -0.2) is 35.2 Å². The Bertz CT molecular complexity index is 736. The van der Waals surface area contributed by atoms with Crippen LogP contribution in [0.15, 0.2) is 54.6 Å². The molecule has 0 spiro atoms. The molecule has 5 nitrogen and oxygen atoms in total. The van der Waals surface area contributed by atoms with Crippen LogP contribution in [0.1, 0.15) is 40.2 Å². The quantitative estimate of drug-likeness (QED) is 0.917. The van der Waals surface area contributed by atoms with Crippen molar-refractivity contribution < 1.29 is 19.4 Å². The van der Waals surface area contributed by atoms with Gasteiger partial charge in [0, 0.05) is 13.1 Å². The Morgan fingerprint density at radius 2 is 1.76 bits per heavy atom. The van der Waals surface area contributed by atoms with Crippen LogP contribution in [0.5, 0.6) is 0 Å². The Balaban J connectivity index is 1.52. The molecular weight excluding hydrogens is 318 g/mol. The van der Waals surface area contributed by atoms with E-state index in [2.05, 4.69) is 0 Å². The number of carbonyl (C=O) groups excluding carboxylic acids is 1. The van der Waals surface area contributed by atoms with Gasteiger partial charge in [0.15, 0.2) is 0 Å². The number of likely N-dealkylation sites (tertiary alicyclic amines) is 1. The van der Waals surface area contributed by atoms with E-state index in [9.17, 15) is 9.59 Å². The van der Waals surface area contributed by atoms with E-state index in [0.29, 0.717) is 18.7 Å². The van der Waals surface area contributed by atoms with Crippen LogP contribution in [-0.2, 0) is 11.3 Å². The van der Waals surface area contributed by atoms with Crippen molar-refractivity contribution in [2.45, 2.75) is 25.4 Å². The van der Waals surface area contributed by atoms with E-state index in [1.54, 1.807) is 23.1 Å². The Labute approximate surface area is 146 Å². The lowest BCUT2D eigenvalue weighted by atomic mass is 9.89. The summed E-state index contributed by atoms with van der Waals surface area (Å²) in [6, 6.07) is 16.7. The summed E-state index contributed by atoms with van der Waals surface area (Å²) in [4.78, 5) is 25.0. The van der Waals surface area contributed by atoms with Gasteiger partial charge in [-0.05, 0) is 42.0 Å². The molecule has 2 aromatic rings. The first-order valence-corrected chi connectivity index (χ1v) is 8.42. The molecule has 1 N–H and O–H groups in total. The summed E-state index contributed by atoms with van der Waals surface area (Å²) in [7, 11) is 0. The average Bonchev–Trinajstić information content (AvgIpc) is 2.67. The summed E-state index contributed by atoms with van der Waals surface area (Å²) in [6.45, 7) is 1.52. The van der Waals surface area contributed by atoms with Gasteiger partial charge < -0.3 is 14.7 Å². The lowest BCUT2D eigenvalue weighted by molar-refractivity contribution is 0.0696. The third-order valence-electron chi connectivity index (χ3n) is 4.56. The van der Waals surface area contributed by atoms with Crippen molar-refractivity contribution in [3.63, 3.8) is 0 Å². The fourth-order valence-corrected chi connectivity index (χ4v) is 3.13. The summed E-state index contributed by atoms with van der Waals surface area (Å²) in [5.74, 6) is -0.638. The highest BCUT2D eigenvalue weighted by Crippen LogP contribution is 2.28. The predicted octanol–water partition coefficient (Wildman–Crippen LogP) is 3.90. The molecule has 3 rings (SSSR count). The van der Waals surface area contributed by atoms with Crippen molar-refractivity contribution >= 4 is 12.1 Å². The molecule has 0 radical (unpaired) electrons. The van der Waals surface area contributed by atoms with Crippen molar-refractivity contribution in [3.8, 4) is 0 Å². The van der Waals surface area contributed by atoms with E-state index in [1.165, 1.54) is 0 Å². The molecule has 0 unspecified atom stereocenters. The Kier molecular flexibility index (Phi) is 5.33. The van der Waals surface area contributed by atoms with Crippen LogP contribution in [0.3, 0.4) is 0 Å². The van der Waals surface area contributed by atoms with Crippen LogP contribution in [0.25, 0.3) is 0 Å². The Morgan fingerprint density at radius 1 is 1.04 bits per heavy atom. The zero-order valence-electron chi connectivity index (χ0n) is 13.9. The van der Waals surface area contributed by atoms with Gasteiger partial charge in [0.05, 0.1) is 5.56 Å². The van der Waals surface area contributed by atoms with Crippen molar-refractivity contribution in [1.82, 2.24) is 4.90 Å². The summed E-state index contributed by atoms with van der Waals surface area (Å²) in [6.07, 6.45) is 1.33. The van der Waals surface area contributed by atoms with Gasteiger partial charge in [-0.2, -0.15) is 0 Å². The molecule has 0 saturated carbocycles. The van der Waals surface area contributed by atoms with Gasteiger partial charge in [-0.3, -0.25) is 0 Å². The highest BCUT2D eigenvalue weighted by molar-refractivity contribution is 5.87. The third kappa shape index (κ3) is 4.38. The number of carboxylic acid groups (broad SMARTS) is 1. The number of carbonyl (C=O) groups is 2. The number of benzene rings is 2. The highest BCUT2D eigenvalue weighted by Gasteiger charge is 2.25. The number of hydrogen-bond donors (Lipinski definition) is 1. The Hall–Kier alpha value is -2.82. The minimum absolute atomic E-state index is 0.275. The van der Waals surface area contributed by atoms with Gasteiger partial charge >= 0.3 is 12.1 Å². The molecule has 5 heteroatoms. The van der Waals surface area contributed by atoms with E-state index in [4.69, 9.17) is 9.84 Å². The number of amides is 1. The van der Waals surface area contributed by atoms with E-state index >= 15 is 0 Å². The topological polar surface area (TPSA) is 66.8 Å². The standard InChI is InChI=1S/C20H21NO4/c22-19(23)18-8-4-7-17(13-18)16-9-11-21(12-10-16)20(24)25-14-15-5-2-1-3-6-15/h1-8,13,16H,9-12,14H2,(H,22,23). The van der Waals surface area contributed by atoms with Gasteiger partial charge in [-0.25, -0.2) is 9.59 Å². The highest BCUT2D eigenvalue weighted by atomic mass is 16.6. The second-order valence-electron chi connectivity index (χ2n) is 6.23. The molecule has 1 aliphatic rings. The van der Waals surface area contributed by atoms with Crippen molar-refractivity contribution in [3.05, 3.63) is 71.3 Å². The SMILES string of the molecule is O=C(O)c1cccc(C2CCN(C(=O)OCc3ccccc3)CC2)c1. The molecule has 1 aliphatic heterocycles. The number of aromatic carboxylic acids is 1. The van der Waals surface area contributed by atoms with E-state index < -0.39 is 5.97 Å². The van der Waals surface area contributed by atoms with Crippen LogP contribution in [0.4, 0.5) is 4.79 Å². The van der Waals surface area contributed by atoms with Crippen LogP contribution in [0, 0.1) is 0 Å². The molecule has 1 fully saturated rings. The molecule has 130 valence electrons. The predicted molar refractivity (Wildman–Crippen MR) is 93.6 cm³/mol. The maximum absolute atomic E-state index is 12.2. The maximum Gasteiger partial charge on any atom is 0.410 e. The zero-order valence-corrected chi connectivity index (χ0v) is 13.9. The van der Waals surface area contributed by atoms with Gasteiger partial charge in [0.25, 0.3) is 0 Å². The molecule has 25 heavy (non-hydrogen) atoms. The molecule has 0 aliphatic carbocycles. The number of hydrogen-bond acceptors (Lipinski definition) is 3. The van der Waals surface area contributed by atoms with Gasteiger partial charge in [-0.15, -0.1) is 0 Å². The summed E-state index contributed by atoms with van der Waals surface area (Å²) in [5, 5.41) is 9.11. The first kappa shape index (κ1) is 17.0. The maximum atomic E-state index is 12.2. The summed E-state index contributed by atoms with van der Waals surface area (Å²) in [5.41, 5.74) is 2.30. The summed E-state index contributed by atoms with van der Waals surface area (Å²) >= 11 is 0. The van der Waals surface area contributed by atoms with Crippen LogP contribution in [0.2, 0.25) is 0 Å². The third-order valence-corrected chi connectivity index (χ3v) is 4.56. The minimum atomic E-state index is -0.913. The van der Waals surface area contributed by atoms with Crippen LogP contribution >= 0.6 is 0 Å². The fourth-order valence-electron chi connectivity index (χ4n) is 3.13. The normalized spacial score (nSPS) is 15.0. The number of piperidine rings is 1. The molecule has 1 saturated heterocycles. The fraction of sp³-hybridized carbons (Fsp3) is 0.300. The van der Waals surface area contributed by atoms with Crippen molar-refractivity contribution in [2.24, 2.45) is 0 Å². The number of nitrogens with zero attached hydrogens (tertiary/aromatic N) is 1. The smallest absolute Gasteiger partial charge is 0.410 e. The molecule has 0 aromatic heterocycles. The number of rotatable bonds is 4. The van der Waals surface area contributed by atoms with Gasteiger partial charge in [0.2, 0.25) is 0 Å². The first-order chi connectivity index (χ1) is 12.1. The van der Waals surface area contributed by atoms with E-state index in [-0.39, 0.29) is 18.6 Å². The second-order valence-corrected chi connectivity index (χ2v) is 6.23. The zero-order chi connectivity index (χ0) is 17.6. The van der Waals surface area contributed by atoms with Crippen LogP contribution < -0.4 is 0 Å². The monoisotopic (exact) mass is 339 g/mol. The average molecular weight is 339 g/mol. The molecule has 0 bridgehead atoms. The Morgan fingerprint density at radius 3 is 2.44 bits per heavy atom. The molecule has 1 amide bonds. The van der Waals surface area contributed by atoms with Crippen molar-refractivity contribution in [2.75, 3.05) is 13.1 Å². The lowest BCUT2D eigenvalue weighted by Crippen LogP contribution is -2.38. The molecule has 0 atom stereocenters. The largest absolute Gasteiger partial charge is 0.478 e. The van der Waals surface area contributed by atoms with E-state index in [1.807, 2.05) is 36.4 Å². The second kappa shape index (κ2) is 7.83.